The van der Waals surface area contributed by atoms with E-state index in [0.717, 1.165) is 52.5 Å². The fourth-order valence-corrected chi connectivity index (χ4v) is 4.16. The molecule has 31 heavy (non-hydrogen) atoms. The van der Waals surface area contributed by atoms with E-state index >= 15 is 0 Å². The van der Waals surface area contributed by atoms with Crippen LogP contribution in [0.3, 0.4) is 0 Å². The molecule has 1 aromatic heterocycles. The molecule has 2 aromatic carbocycles. The van der Waals surface area contributed by atoms with Crippen LogP contribution in [0.1, 0.15) is 35.4 Å². The van der Waals surface area contributed by atoms with Crippen LogP contribution in [-0.2, 0) is 0 Å². The zero-order valence-electron chi connectivity index (χ0n) is 18.7. The Labute approximate surface area is 183 Å². The van der Waals surface area contributed by atoms with E-state index in [1.807, 2.05) is 59.8 Å². The smallest absolute Gasteiger partial charge is 0.321 e. The topological polar surface area (TPSA) is 59.4 Å². The number of para-hydroxylation sites is 2. The number of carbonyl (C=O) groups excluding carboxylic acids is 1. The number of carbonyl (C=O) groups is 1. The highest BCUT2D eigenvalue weighted by molar-refractivity contribution is 5.90. The number of nitrogens with one attached hydrogen (secondary N) is 1. The summed E-state index contributed by atoms with van der Waals surface area (Å²) in [5.41, 5.74) is 5.80. The number of piperidine rings is 1. The van der Waals surface area contributed by atoms with Crippen LogP contribution in [0, 0.1) is 27.7 Å². The second kappa shape index (κ2) is 8.84. The van der Waals surface area contributed by atoms with Gasteiger partial charge in [0.05, 0.1) is 22.8 Å². The van der Waals surface area contributed by atoms with Gasteiger partial charge < -0.3 is 15.0 Å². The lowest BCUT2D eigenvalue weighted by Gasteiger charge is -2.32. The van der Waals surface area contributed by atoms with Gasteiger partial charge in [0.25, 0.3) is 0 Å². The third kappa shape index (κ3) is 4.43. The molecule has 3 aromatic rings. The van der Waals surface area contributed by atoms with E-state index in [2.05, 4.69) is 36.4 Å². The molecule has 1 aliphatic rings. The lowest BCUT2D eigenvalue weighted by molar-refractivity contribution is 0.114. The maximum absolute atomic E-state index is 12.9. The van der Waals surface area contributed by atoms with Gasteiger partial charge in [0.1, 0.15) is 11.9 Å². The van der Waals surface area contributed by atoms with Crippen molar-refractivity contribution in [2.75, 3.05) is 18.4 Å². The second-order valence-electron chi connectivity index (χ2n) is 8.25. The van der Waals surface area contributed by atoms with Gasteiger partial charge in [-0.3, -0.25) is 0 Å². The molecule has 2 heterocycles. The minimum Gasteiger partial charge on any atom is -0.490 e. The lowest BCUT2D eigenvalue weighted by atomic mass is 10.1. The highest BCUT2D eigenvalue weighted by Crippen LogP contribution is 2.27. The van der Waals surface area contributed by atoms with Gasteiger partial charge >= 0.3 is 6.03 Å². The van der Waals surface area contributed by atoms with E-state index in [-0.39, 0.29) is 12.1 Å². The fourth-order valence-electron chi connectivity index (χ4n) is 4.16. The van der Waals surface area contributed by atoms with Crippen molar-refractivity contribution < 1.29 is 9.53 Å². The molecule has 6 heteroatoms. The van der Waals surface area contributed by atoms with Crippen molar-refractivity contribution in [1.82, 2.24) is 14.7 Å². The molecule has 2 amide bonds. The number of anilines is 1. The summed E-state index contributed by atoms with van der Waals surface area (Å²) in [6.07, 6.45) is 1.78. The van der Waals surface area contributed by atoms with Gasteiger partial charge in [0.15, 0.2) is 0 Å². The normalized spacial score (nSPS) is 14.5. The molecule has 1 aliphatic heterocycles. The Bertz CT molecular complexity index is 1050. The van der Waals surface area contributed by atoms with Crippen LogP contribution in [-0.4, -0.2) is 39.9 Å². The van der Waals surface area contributed by atoms with Crippen LogP contribution in [0.2, 0.25) is 0 Å². The minimum atomic E-state index is -0.0793. The summed E-state index contributed by atoms with van der Waals surface area (Å²) in [6.45, 7) is 9.40. The summed E-state index contributed by atoms with van der Waals surface area (Å²) in [6, 6.07) is 16.1. The second-order valence-corrected chi connectivity index (χ2v) is 8.25. The van der Waals surface area contributed by atoms with Crippen molar-refractivity contribution >= 4 is 11.7 Å². The van der Waals surface area contributed by atoms with Crippen LogP contribution in [0.15, 0.2) is 48.5 Å². The van der Waals surface area contributed by atoms with Gasteiger partial charge in [-0.2, -0.15) is 5.10 Å². The van der Waals surface area contributed by atoms with Gasteiger partial charge in [-0.1, -0.05) is 36.4 Å². The summed E-state index contributed by atoms with van der Waals surface area (Å²) in [5.74, 6) is 0.977. The summed E-state index contributed by atoms with van der Waals surface area (Å²) in [7, 11) is 0. The number of likely N-dealkylation sites (tertiary alicyclic amines) is 1. The number of hydrogen-bond acceptors (Lipinski definition) is 3. The first-order valence-corrected chi connectivity index (χ1v) is 10.8. The Kier molecular flexibility index (Phi) is 5.98. The third-order valence-corrected chi connectivity index (χ3v) is 5.95. The Morgan fingerprint density at radius 3 is 2.26 bits per heavy atom. The molecule has 0 saturated carbocycles. The highest BCUT2D eigenvalue weighted by atomic mass is 16.5. The molecule has 6 nitrogen and oxygen atoms in total. The van der Waals surface area contributed by atoms with E-state index < -0.39 is 0 Å². The van der Waals surface area contributed by atoms with Crippen LogP contribution < -0.4 is 10.1 Å². The first kappa shape index (κ1) is 21.0. The number of ether oxygens (including phenoxy) is 1. The Balaban J connectivity index is 1.38. The van der Waals surface area contributed by atoms with Gasteiger partial charge in [-0.25, -0.2) is 9.48 Å². The first-order chi connectivity index (χ1) is 14.9. The van der Waals surface area contributed by atoms with Crippen molar-refractivity contribution in [3.05, 3.63) is 71.0 Å². The number of urea groups is 1. The van der Waals surface area contributed by atoms with Gasteiger partial charge in [0, 0.05) is 25.9 Å². The summed E-state index contributed by atoms with van der Waals surface area (Å²) < 4.78 is 8.15. The molecule has 0 unspecified atom stereocenters. The number of hydrogen-bond donors (Lipinski definition) is 1. The van der Waals surface area contributed by atoms with E-state index in [1.165, 1.54) is 0 Å². The standard InChI is InChI=1S/C25H30N4O2/c1-17-9-8-10-18(2)24(17)31-22-13-15-28(16-14-22)25(30)26-23-19(3)27-29(20(23)4)21-11-6-5-7-12-21/h5-12,22H,13-16H2,1-4H3,(H,26,30). The zero-order valence-corrected chi connectivity index (χ0v) is 18.7. The zero-order chi connectivity index (χ0) is 22.0. The first-order valence-electron chi connectivity index (χ1n) is 10.8. The number of aryl methyl sites for hydroxylation is 3. The fraction of sp³-hybridized carbons (Fsp3) is 0.360. The largest absolute Gasteiger partial charge is 0.490 e. The lowest BCUT2D eigenvalue weighted by Crippen LogP contribution is -2.44. The monoisotopic (exact) mass is 418 g/mol. The van der Waals surface area contributed by atoms with Crippen molar-refractivity contribution in [1.29, 1.82) is 0 Å². The average Bonchev–Trinajstić information content (AvgIpc) is 3.05. The van der Waals surface area contributed by atoms with E-state index in [4.69, 9.17) is 4.74 Å². The van der Waals surface area contributed by atoms with Crippen molar-refractivity contribution in [3.8, 4) is 11.4 Å². The molecule has 162 valence electrons. The quantitative estimate of drug-likeness (QED) is 0.635. The van der Waals surface area contributed by atoms with Crippen molar-refractivity contribution in [2.24, 2.45) is 0 Å². The van der Waals surface area contributed by atoms with Gasteiger partial charge in [-0.05, 0) is 51.0 Å². The summed E-state index contributed by atoms with van der Waals surface area (Å²) in [4.78, 5) is 14.8. The van der Waals surface area contributed by atoms with Crippen LogP contribution >= 0.6 is 0 Å². The molecule has 1 saturated heterocycles. The predicted molar refractivity (Wildman–Crippen MR) is 123 cm³/mol. The maximum Gasteiger partial charge on any atom is 0.321 e. The SMILES string of the molecule is Cc1cccc(C)c1OC1CCN(C(=O)Nc2c(C)nn(-c3ccccc3)c2C)CC1. The third-order valence-electron chi connectivity index (χ3n) is 5.95. The van der Waals surface area contributed by atoms with Crippen molar-refractivity contribution in [2.45, 2.75) is 46.6 Å². The maximum atomic E-state index is 12.9. The van der Waals surface area contributed by atoms with E-state index in [0.29, 0.717) is 13.1 Å². The van der Waals surface area contributed by atoms with E-state index in [9.17, 15) is 4.79 Å². The summed E-state index contributed by atoms with van der Waals surface area (Å²) in [5, 5.41) is 7.70. The molecular formula is C25H30N4O2. The Morgan fingerprint density at radius 2 is 1.61 bits per heavy atom. The summed E-state index contributed by atoms with van der Waals surface area (Å²) >= 11 is 0. The molecule has 0 bridgehead atoms. The molecule has 0 spiro atoms. The van der Waals surface area contributed by atoms with Crippen molar-refractivity contribution in [3.63, 3.8) is 0 Å². The molecular weight excluding hydrogens is 388 g/mol. The molecule has 1 fully saturated rings. The number of aromatic nitrogens is 2. The molecule has 0 atom stereocenters. The molecule has 1 N–H and O–H groups in total. The Morgan fingerprint density at radius 1 is 0.968 bits per heavy atom. The number of amides is 2. The minimum absolute atomic E-state index is 0.0793. The van der Waals surface area contributed by atoms with Gasteiger partial charge in [-0.15, -0.1) is 0 Å². The molecule has 0 aliphatic carbocycles. The highest BCUT2D eigenvalue weighted by Gasteiger charge is 2.26. The number of benzene rings is 2. The van der Waals surface area contributed by atoms with E-state index in [1.54, 1.807) is 0 Å². The predicted octanol–water partition coefficient (Wildman–Crippen LogP) is 5.18. The van der Waals surface area contributed by atoms with Crippen LogP contribution in [0.5, 0.6) is 5.75 Å². The van der Waals surface area contributed by atoms with Crippen LogP contribution in [0.25, 0.3) is 5.69 Å². The van der Waals surface area contributed by atoms with Crippen LogP contribution in [0.4, 0.5) is 10.5 Å². The molecule has 4 rings (SSSR count). The molecule has 0 radical (unpaired) electrons. The number of nitrogens with zero attached hydrogens (tertiary/aromatic N) is 3. The number of rotatable bonds is 4. The Hall–Kier alpha value is -3.28. The van der Waals surface area contributed by atoms with Gasteiger partial charge in [0.2, 0.25) is 0 Å². The average molecular weight is 419 g/mol.